The fourth-order valence-electron chi connectivity index (χ4n) is 0.999. The lowest BCUT2D eigenvalue weighted by molar-refractivity contribution is 0.205. The summed E-state index contributed by atoms with van der Waals surface area (Å²) in [7, 11) is -1.01. The first kappa shape index (κ1) is 13.7. The summed E-state index contributed by atoms with van der Waals surface area (Å²) in [5, 5.41) is 0. The molecule has 82 valence electrons. The fraction of sp³-hybridized carbons (Fsp3) is 0.667. The molecule has 0 fully saturated rings. The summed E-state index contributed by atoms with van der Waals surface area (Å²) < 4.78 is 5.56. The van der Waals surface area contributed by atoms with Gasteiger partial charge in [-0.2, -0.15) is 0 Å². The highest BCUT2D eigenvalue weighted by Crippen LogP contribution is 2.01. The van der Waals surface area contributed by atoms with E-state index in [4.69, 9.17) is 4.74 Å². The molecule has 0 saturated heterocycles. The largest absolute Gasteiger partial charge is 0.381 e. The molecule has 0 saturated carbocycles. The Bertz CT molecular complexity index is 168. The van der Waals surface area contributed by atoms with Crippen LogP contribution in [0.25, 0.3) is 0 Å². The molecule has 0 aromatic carbocycles. The second kappa shape index (κ2) is 8.01. The lowest BCUT2D eigenvalue weighted by Crippen LogP contribution is -2.28. The van der Waals surface area contributed by atoms with Crippen LogP contribution in [0.2, 0.25) is 19.6 Å². The zero-order valence-electron chi connectivity index (χ0n) is 9.88. The highest BCUT2D eigenvalue weighted by molar-refractivity contribution is 6.76. The molecule has 0 radical (unpaired) electrons. The lowest BCUT2D eigenvalue weighted by atomic mass is 10.2. The molecule has 0 rings (SSSR count). The summed E-state index contributed by atoms with van der Waals surface area (Å²) in [4.78, 5) is 0. The van der Waals surface area contributed by atoms with Gasteiger partial charge in [0.2, 0.25) is 0 Å². The van der Waals surface area contributed by atoms with Crippen LogP contribution in [0.3, 0.4) is 0 Å². The number of unbranched alkanes of at least 4 members (excludes halogenated alkanes) is 2. The van der Waals surface area contributed by atoms with Crippen molar-refractivity contribution >= 4 is 8.07 Å². The van der Waals surface area contributed by atoms with Crippen LogP contribution in [0.15, 0.2) is 24.8 Å². The van der Waals surface area contributed by atoms with Crippen LogP contribution in [-0.4, -0.2) is 20.9 Å². The summed E-state index contributed by atoms with van der Waals surface area (Å²) in [6, 6.07) is 0. The van der Waals surface area contributed by atoms with Crippen molar-refractivity contribution in [2.45, 2.75) is 38.9 Å². The quantitative estimate of drug-likeness (QED) is 0.338. The highest BCUT2D eigenvalue weighted by atomic mass is 28.3. The second-order valence-electron chi connectivity index (χ2n) is 4.77. The standard InChI is InChI=1S/C12H24OSi/c1-5-6-7-8-9-10-11-13-12-14(2,3)4/h5,9-10H,1,6-8,11-12H2,2-4H3/b10-9-. The van der Waals surface area contributed by atoms with Gasteiger partial charge in [0, 0.05) is 6.23 Å². The third-order valence-corrected chi connectivity index (χ3v) is 2.77. The summed E-state index contributed by atoms with van der Waals surface area (Å²) in [5.74, 6) is 0. The Kier molecular flexibility index (Phi) is 7.81. The van der Waals surface area contributed by atoms with E-state index in [1.807, 2.05) is 6.08 Å². The van der Waals surface area contributed by atoms with Gasteiger partial charge in [0.15, 0.2) is 0 Å². The first-order valence-corrected chi connectivity index (χ1v) is 9.10. The van der Waals surface area contributed by atoms with Crippen molar-refractivity contribution in [2.24, 2.45) is 0 Å². The molecule has 0 atom stereocenters. The van der Waals surface area contributed by atoms with Crippen LogP contribution in [0.1, 0.15) is 19.3 Å². The maximum atomic E-state index is 5.56. The Hall–Kier alpha value is -0.343. The molecule has 0 aliphatic rings. The first-order chi connectivity index (χ1) is 6.56. The Morgan fingerprint density at radius 1 is 1.14 bits per heavy atom. The van der Waals surface area contributed by atoms with Gasteiger partial charge in [-0.15, -0.1) is 6.58 Å². The van der Waals surface area contributed by atoms with Crippen LogP contribution in [0.4, 0.5) is 0 Å². The summed E-state index contributed by atoms with van der Waals surface area (Å²) in [5.41, 5.74) is 0. The van der Waals surface area contributed by atoms with Gasteiger partial charge in [-0.3, -0.25) is 0 Å². The number of rotatable bonds is 8. The molecule has 0 unspecified atom stereocenters. The molecule has 0 amide bonds. The Morgan fingerprint density at radius 2 is 1.86 bits per heavy atom. The smallest absolute Gasteiger partial charge is 0.0746 e. The maximum absolute atomic E-state index is 5.56. The lowest BCUT2D eigenvalue weighted by Gasteiger charge is -2.14. The summed E-state index contributed by atoms with van der Waals surface area (Å²) >= 11 is 0. The molecule has 2 heteroatoms. The molecule has 0 spiro atoms. The van der Waals surface area contributed by atoms with Crippen molar-refractivity contribution in [1.82, 2.24) is 0 Å². The summed E-state index contributed by atoms with van der Waals surface area (Å²) in [6.07, 6.45) is 10.7. The second-order valence-corrected chi connectivity index (χ2v) is 10.2. The average molecular weight is 212 g/mol. The van der Waals surface area contributed by atoms with Gasteiger partial charge in [0.25, 0.3) is 0 Å². The van der Waals surface area contributed by atoms with Gasteiger partial charge in [-0.25, -0.2) is 0 Å². The van der Waals surface area contributed by atoms with E-state index in [-0.39, 0.29) is 0 Å². The van der Waals surface area contributed by atoms with Crippen molar-refractivity contribution in [3.05, 3.63) is 24.8 Å². The summed E-state index contributed by atoms with van der Waals surface area (Å²) in [6.45, 7) is 11.4. The van der Waals surface area contributed by atoms with Gasteiger partial charge in [0.05, 0.1) is 14.7 Å². The number of hydrogen-bond acceptors (Lipinski definition) is 1. The van der Waals surface area contributed by atoms with Crippen LogP contribution in [-0.2, 0) is 4.74 Å². The molecule has 0 aliphatic heterocycles. The van der Waals surface area contributed by atoms with E-state index in [1.54, 1.807) is 0 Å². The van der Waals surface area contributed by atoms with Crippen molar-refractivity contribution in [1.29, 1.82) is 0 Å². The molecular formula is C12H24OSi. The van der Waals surface area contributed by atoms with E-state index >= 15 is 0 Å². The molecule has 1 nitrogen and oxygen atoms in total. The van der Waals surface area contributed by atoms with Crippen LogP contribution in [0.5, 0.6) is 0 Å². The number of ether oxygens (including phenoxy) is 1. The van der Waals surface area contributed by atoms with E-state index in [0.29, 0.717) is 0 Å². The molecule has 0 bridgehead atoms. The van der Waals surface area contributed by atoms with E-state index < -0.39 is 8.07 Å². The highest BCUT2D eigenvalue weighted by Gasteiger charge is 2.11. The minimum atomic E-state index is -1.01. The zero-order valence-corrected chi connectivity index (χ0v) is 10.9. The predicted octanol–water partition coefficient (Wildman–Crippen LogP) is 3.79. The average Bonchev–Trinajstić information content (AvgIpc) is 2.08. The molecule has 0 N–H and O–H groups in total. The van der Waals surface area contributed by atoms with Crippen molar-refractivity contribution in [3.63, 3.8) is 0 Å². The van der Waals surface area contributed by atoms with Crippen LogP contribution in [0, 0.1) is 0 Å². The molecular weight excluding hydrogens is 188 g/mol. The number of allylic oxidation sites excluding steroid dienone is 2. The van der Waals surface area contributed by atoms with Crippen molar-refractivity contribution < 1.29 is 4.74 Å². The van der Waals surface area contributed by atoms with Crippen LogP contribution < -0.4 is 0 Å². The third kappa shape index (κ3) is 11.7. The maximum Gasteiger partial charge on any atom is 0.0746 e. The molecule has 0 aromatic rings. The topological polar surface area (TPSA) is 9.23 Å². The Balaban J connectivity index is 3.23. The van der Waals surface area contributed by atoms with Gasteiger partial charge >= 0.3 is 0 Å². The van der Waals surface area contributed by atoms with E-state index in [2.05, 4.69) is 38.4 Å². The van der Waals surface area contributed by atoms with E-state index in [0.717, 1.165) is 25.7 Å². The monoisotopic (exact) mass is 212 g/mol. The fourth-order valence-corrected chi connectivity index (χ4v) is 1.73. The minimum absolute atomic E-state index is 0.776. The SMILES string of the molecule is C=CCCC/C=C\COC[Si](C)(C)C. The minimum Gasteiger partial charge on any atom is -0.381 e. The van der Waals surface area contributed by atoms with Gasteiger partial charge in [-0.05, 0) is 19.3 Å². The van der Waals surface area contributed by atoms with Gasteiger partial charge in [0.1, 0.15) is 0 Å². The van der Waals surface area contributed by atoms with Crippen LogP contribution >= 0.6 is 0 Å². The molecule has 14 heavy (non-hydrogen) atoms. The molecule has 0 aliphatic carbocycles. The van der Waals surface area contributed by atoms with E-state index in [1.165, 1.54) is 6.42 Å². The first-order valence-electron chi connectivity index (χ1n) is 5.40. The Labute approximate surface area is 89.9 Å². The third-order valence-electron chi connectivity index (χ3n) is 1.69. The van der Waals surface area contributed by atoms with E-state index in [9.17, 15) is 0 Å². The van der Waals surface area contributed by atoms with Gasteiger partial charge in [-0.1, -0.05) is 37.9 Å². The molecule has 0 aromatic heterocycles. The van der Waals surface area contributed by atoms with Crippen molar-refractivity contribution in [3.8, 4) is 0 Å². The van der Waals surface area contributed by atoms with Crippen molar-refractivity contribution in [2.75, 3.05) is 12.8 Å². The number of hydrogen-bond donors (Lipinski definition) is 0. The van der Waals surface area contributed by atoms with Gasteiger partial charge < -0.3 is 4.74 Å². The Morgan fingerprint density at radius 3 is 2.43 bits per heavy atom. The zero-order chi connectivity index (χ0) is 10.9. The predicted molar refractivity (Wildman–Crippen MR) is 67.4 cm³/mol. The molecule has 0 heterocycles. The normalized spacial score (nSPS) is 12.2.